The number of alkyl halides is 2. The summed E-state index contributed by atoms with van der Waals surface area (Å²) in [6.45, 7) is 2.39. The van der Waals surface area contributed by atoms with Gasteiger partial charge in [0.25, 0.3) is 5.91 Å². The molecule has 1 fully saturated rings. The standard InChI is InChI=1S/C27H37F2NO2S/c1-21(10-4-2-5-11-22-12-6-3-7-13-22)25(31)17-16-23-20-27(28,29)26(32)30(23)18-8-14-24-15-9-19-33-24/h3,6-7,9,12-13,15,19,21,23,25,31H,2,4-5,8,10-11,14,16-18,20H2,1H3/t21-,23-,25+/m0/s1. The minimum Gasteiger partial charge on any atom is -0.393 e. The topological polar surface area (TPSA) is 40.5 Å². The quantitative estimate of drug-likeness (QED) is 0.316. The van der Waals surface area contributed by atoms with E-state index in [0.717, 1.165) is 38.5 Å². The lowest BCUT2D eigenvalue weighted by atomic mass is 9.92. The summed E-state index contributed by atoms with van der Waals surface area (Å²) in [4.78, 5) is 14.8. The molecule has 0 saturated carbocycles. The van der Waals surface area contributed by atoms with E-state index in [2.05, 4.69) is 24.3 Å². The number of unbranched alkanes of at least 4 members (excludes halogenated alkanes) is 2. The molecule has 2 aromatic rings. The third kappa shape index (κ3) is 7.89. The maximum atomic E-state index is 14.1. The van der Waals surface area contributed by atoms with E-state index in [-0.39, 0.29) is 5.92 Å². The van der Waals surface area contributed by atoms with Crippen molar-refractivity contribution in [1.82, 2.24) is 4.90 Å². The SMILES string of the molecule is C[C@@H](CCCCCc1ccccc1)[C@H](O)CC[C@H]1CC(F)(F)C(=O)N1CCCc1cccs1. The molecular formula is C27H37F2NO2S. The molecule has 3 nitrogen and oxygen atoms in total. The summed E-state index contributed by atoms with van der Waals surface area (Å²) in [5.41, 5.74) is 1.36. The molecule has 6 heteroatoms. The van der Waals surface area contributed by atoms with Crippen molar-refractivity contribution in [3.8, 4) is 0 Å². The van der Waals surface area contributed by atoms with Gasteiger partial charge in [-0.05, 0) is 67.9 Å². The molecule has 1 saturated heterocycles. The number of carbonyl (C=O) groups is 1. The van der Waals surface area contributed by atoms with Gasteiger partial charge in [-0.25, -0.2) is 0 Å². The fraction of sp³-hybridized carbons (Fsp3) is 0.593. The Morgan fingerprint density at radius 1 is 1.06 bits per heavy atom. The van der Waals surface area contributed by atoms with Crippen LogP contribution in [0.1, 0.15) is 68.7 Å². The molecule has 3 rings (SSSR count). The number of hydrogen-bond acceptors (Lipinski definition) is 3. The van der Waals surface area contributed by atoms with E-state index in [1.54, 1.807) is 11.3 Å². The molecule has 1 amide bonds. The first-order valence-corrected chi connectivity index (χ1v) is 13.2. The van der Waals surface area contributed by atoms with Gasteiger partial charge < -0.3 is 10.0 Å². The fourth-order valence-electron chi connectivity index (χ4n) is 4.75. The number of thiophene rings is 1. The summed E-state index contributed by atoms with van der Waals surface area (Å²) in [5, 5.41) is 12.6. The lowest BCUT2D eigenvalue weighted by Gasteiger charge is -2.26. The van der Waals surface area contributed by atoms with Crippen LogP contribution in [0, 0.1) is 5.92 Å². The van der Waals surface area contributed by atoms with E-state index in [9.17, 15) is 18.7 Å². The first-order chi connectivity index (χ1) is 15.9. The number of aliphatic hydroxyl groups excluding tert-OH is 1. The van der Waals surface area contributed by atoms with E-state index in [1.165, 1.54) is 15.3 Å². The van der Waals surface area contributed by atoms with Crippen molar-refractivity contribution in [2.45, 2.75) is 89.2 Å². The average Bonchev–Trinajstić information content (AvgIpc) is 3.39. The van der Waals surface area contributed by atoms with Gasteiger partial charge in [-0.2, -0.15) is 8.78 Å². The molecule has 1 aromatic carbocycles. The van der Waals surface area contributed by atoms with Gasteiger partial charge in [0.2, 0.25) is 0 Å². The van der Waals surface area contributed by atoms with Crippen LogP contribution in [0.25, 0.3) is 0 Å². The minimum absolute atomic E-state index is 0.131. The molecule has 1 N–H and O–H groups in total. The normalized spacial score (nSPS) is 19.7. The van der Waals surface area contributed by atoms with Gasteiger partial charge in [0.1, 0.15) is 0 Å². The Bertz CT molecular complexity index is 828. The van der Waals surface area contributed by atoms with Crippen LogP contribution in [0.5, 0.6) is 0 Å². The highest BCUT2D eigenvalue weighted by molar-refractivity contribution is 7.09. The smallest absolute Gasteiger partial charge is 0.326 e. The first kappa shape index (κ1) is 25.8. The van der Waals surface area contributed by atoms with Crippen LogP contribution in [0.15, 0.2) is 47.8 Å². The number of nitrogens with zero attached hydrogens (tertiary/aromatic N) is 1. The summed E-state index contributed by atoms with van der Waals surface area (Å²) in [5.74, 6) is -4.19. The van der Waals surface area contributed by atoms with E-state index in [4.69, 9.17) is 0 Å². The molecule has 182 valence electrons. The first-order valence-electron chi connectivity index (χ1n) is 12.3. The van der Waals surface area contributed by atoms with Crippen LogP contribution >= 0.6 is 11.3 Å². The highest BCUT2D eigenvalue weighted by Gasteiger charge is 2.52. The van der Waals surface area contributed by atoms with Crippen molar-refractivity contribution in [3.63, 3.8) is 0 Å². The summed E-state index contributed by atoms with van der Waals surface area (Å²) in [6, 6.07) is 14.0. The maximum Gasteiger partial charge on any atom is 0.326 e. The largest absolute Gasteiger partial charge is 0.393 e. The third-order valence-electron chi connectivity index (χ3n) is 6.83. The highest BCUT2D eigenvalue weighted by Crippen LogP contribution is 2.36. The van der Waals surface area contributed by atoms with Gasteiger partial charge in [0.15, 0.2) is 0 Å². The van der Waals surface area contributed by atoms with E-state index >= 15 is 0 Å². The van der Waals surface area contributed by atoms with Crippen molar-refractivity contribution >= 4 is 17.2 Å². The number of likely N-dealkylation sites (tertiary alicyclic amines) is 1. The number of benzene rings is 1. The Morgan fingerprint density at radius 3 is 2.58 bits per heavy atom. The summed E-state index contributed by atoms with van der Waals surface area (Å²) in [6.07, 6.45) is 6.73. The van der Waals surface area contributed by atoms with Crippen LogP contribution in [-0.2, 0) is 17.6 Å². The molecule has 0 aliphatic carbocycles. The van der Waals surface area contributed by atoms with Crippen LogP contribution in [0.3, 0.4) is 0 Å². The van der Waals surface area contributed by atoms with Crippen LogP contribution in [0.4, 0.5) is 8.78 Å². The number of aliphatic hydroxyl groups is 1. The fourth-order valence-corrected chi connectivity index (χ4v) is 5.50. The van der Waals surface area contributed by atoms with Crippen LogP contribution in [0.2, 0.25) is 0 Å². The zero-order valence-electron chi connectivity index (χ0n) is 19.6. The molecule has 1 aromatic heterocycles. The molecule has 0 unspecified atom stereocenters. The second-order valence-corrected chi connectivity index (χ2v) is 10.5. The highest BCUT2D eigenvalue weighted by atomic mass is 32.1. The van der Waals surface area contributed by atoms with Crippen molar-refractivity contribution in [3.05, 3.63) is 58.3 Å². The van der Waals surface area contributed by atoms with Gasteiger partial charge >= 0.3 is 5.92 Å². The molecule has 0 bridgehead atoms. The maximum absolute atomic E-state index is 14.1. The van der Waals surface area contributed by atoms with Gasteiger partial charge in [-0.15, -0.1) is 11.3 Å². The second-order valence-electron chi connectivity index (χ2n) is 9.45. The van der Waals surface area contributed by atoms with Gasteiger partial charge in [-0.1, -0.05) is 56.2 Å². The van der Waals surface area contributed by atoms with Crippen LogP contribution < -0.4 is 0 Å². The molecule has 0 spiro atoms. The molecular weight excluding hydrogens is 440 g/mol. The summed E-state index contributed by atoms with van der Waals surface area (Å²) < 4.78 is 28.3. The Balaban J connectivity index is 1.37. The average molecular weight is 478 g/mol. The summed E-state index contributed by atoms with van der Waals surface area (Å²) >= 11 is 1.65. The monoisotopic (exact) mass is 477 g/mol. The Kier molecular flexibility index (Phi) is 9.87. The number of halogens is 2. The zero-order valence-corrected chi connectivity index (χ0v) is 20.4. The number of carbonyl (C=O) groups excluding carboxylic acids is 1. The minimum atomic E-state index is -3.27. The molecule has 0 radical (unpaired) electrons. The molecule has 33 heavy (non-hydrogen) atoms. The number of rotatable bonds is 14. The van der Waals surface area contributed by atoms with E-state index < -0.39 is 30.4 Å². The predicted octanol–water partition coefficient (Wildman–Crippen LogP) is 6.50. The van der Waals surface area contributed by atoms with E-state index in [0.29, 0.717) is 25.8 Å². The van der Waals surface area contributed by atoms with Gasteiger partial charge in [-0.3, -0.25) is 4.79 Å². The number of aryl methyl sites for hydroxylation is 2. The second kappa shape index (κ2) is 12.6. The molecule has 1 aliphatic rings. The molecule has 3 atom stereocenters. The van der Waals surface area contributed by atoms with Gasteiger partial charge in [0, 0.05) is 23.9 Å². The Morgan fingerprint density at radius 2 is 1.85 bits per heavy atom. The summed E-state index contributed by atoms with van der Waals surface area (Å²) in [7, 11) is 0. The van der Waals surface area contributed by atoms with Crippen molar-refractivity contribution in [1.29, 1.82) is 0 Å². The Hall–Kier alpha value is -1.79. The third-order valence-corrected chi connectivity index (χ3v) is 7.77. The zero-order chi connectivity index (χ0) is 23.7. The molecule has 1 aliphatic heterocycles. The molecule has 2 heterocycles. The Labute approximate surface area is 200 Å². The van der Waals surface area contributed by atoms with Crippen molar-refractivity contribution in [2.24, 2.45) is 5.92 Å². The number of amides is 1. The lowest BCUT2D eigenvalue weighted by molar-refractivity contribution is -0.148. The number of hydrogen-bond donors (Lipinski definition) is 1. The van der Waals surface area contributed by atoms with Crippen molar-refractivity contribution in [2.75, 3.05) is 6.54 Å². The van der Waals surface area contributed by atoms with Crippen molar-refractivity contribution < 1.29 is 18.7 Å². The van der Waals surface area contributed by atoms with Crippen LogP contribution in [-0.4, -0.2) is 40.5 Å². The predicted molar refractivity (Wildman–Crippen MR) is 131 cm³/mol. The van der Waals surface area contributed by atoms with E-state index in [1.807, 2.05) is 30.5 Å². The van der Waals surface area contributed by atoms with Gasteiger partial charge in [0.05, 0.1) is 6.10 Å². The lowest BCUT2D eigenvalue weighted by Crippen LogP contribution is -2.37.